The molecule has 4 heteroatoms. The number of pyridine rings is 1. The second-order valence-electron chi connectivity index (χ2n) is 5.33. The Labute approximate surface area is 121 Å². The predicted octanol–water partition coefficient (Wildman–Crippen LogP) is 3.25. The fourth-order valence-electron chi connectivity index (χ4n) is 2.20. The van der Waals surface area contributed by atoms with Gasteiger partial charge < -0.3 is 5.32 Å². The molecule has 4 nitrogen and oxygen atoms in total. The van der Waals surface area contributed by atoms with Gasteiger partial charge in [0.05, 0.1) is 5.69 Å². The molecular formula is C16H24N4. The first-order valence-corrected chi connectivity index (χ1v) is 7.27. The van der Waals surface area contributed by atoms with E-state index in [4.69, 9.17) is 0 Å². The molecule has 0 radical (unpaired) electrons. The monoisotopic (exact) mass is 272 g/mol. The minimum atomic E-state index is 0.332. The summed E-state index contributed by atoms with van der Waals surface area (Å²) in [5.74, 6) is 0.880. The average Bonchev–Trinajstić information content (AvgIpc) is 2.72. The van der Waals surface area contributed by atoms with Gasteiger partial charge >= 0.3 is 0 Å². The van der Waals surface area contributed by atoms with Crippen molar-refractivity contribution < 1.29 is 0 Å². The number of aromatic nitrogens is 3. The summed E-state index contributed by atoms with van der Waals surface area (Å²) < 4.78 is 1.92. The van der Waals surface area contributed by atoms with Crippen LogP contribution in [-0.2, 0) is 0 Å². The van der Waals surface area contributed by atoms with Crippen LogP contribution in [0.2, 0.25) is 0 Å². The van der Waals surface area contributed by atoms with Gasteiger partial charge in [0.1, 0.15) is 0 Å². The first-order valence-electron chi connectivity index (χ1n) is 7.27. The first-order chi connectivity index (χ1) is 9.54. The second-order valence-corrected chi connectivity index (χ2v) is 5.33. The molecule has 0 aromatic carbocycles. The number of hydrogen-bond acceptors (Lipinski definition) is 3. The lowest BCUT2D eigenvalue weighted by molar-refractivity contribution is 0.569. The number of aryl methyl sites for hydroxylation is 1. The molecule has 2 heterocycles. The Morgan fingerprint density at radius 3 is 2.50 bits per heavy atom. The molecule has 1 N–H and O–H groups in total. The van der Waals surface area contributed by atoms with Crippen LogP contribution in [-0.4, -0.2) is 21.3 Å². The summed E-state index contributed by atoms with van der Waals surface area (Å²) >= 11 is 0. The summed E-state index contributed by atoms with van der Waals surface area (Å²) in [5, 5.41) is 8.01. The standard InChI is InChI=1S/C16H24N4/c1-6-9-17-13(4)15-7-8-16(18-10-15)20-14(5)11(2)12(3)19-20/h7-8,10,13,17H,6,9H2,1-5H3. The summed E-state index contributed by atoms with van der Waals surface area (Å²) in [6.07, 6.45) is 3.08. The van der Waals surface area contributed by atoms with E-state index in [2.05, 4.69) is 49.2 Å². The van der Waals surface area contributed by atoms with Gasteiger partial charge in [0, 0.05) is 17.9 Å². The van der Waals surface area contributed by atoms with Crippen LogP contribution >= 0.6 is 0 Å². The van der Waals surface area contributed by atoms with E-state index in [0.717, 1.165) is 30.2 Å². The van der Waals surface area contributed by atoms with E-state index >= 15 is 0 Å². The highest BCUT2D eigenvalue weighted by atomic mass is 15.3. The van der Waals surface area contributed by atoms with E-state index in [9.17, 15) is 0 Å². The smallest absolute Gasteiger partial charge is 0.153 e. The van der Waals surface area contributed by atoms with Crippen LogP contribution in [0.5, 0.6) is 0 Å². The van der Waals surface area contributed by atoms with Crippen molar-refractivity contribution in [3.8, 4) is 5.82 Å². The highest BCUT2D eigenvalue weighted by Crippen LogP contribution is 2.17. The van der Waals surface area contributed by atoms with E-state index in [1.54, 1.807) is 0 Å². The van der Waals surface area contributed by atoms with Crippen molar-refractivity contribution in [2.75, 3.05) is 6.54 Å². The third kappa shape index (κ3) is 2.90. The molecule has 0 bridgehead atoms. The summed E-state index contributed by atoms with van der Waals surface area (Å²) in [6, 6.07) is 4.50. The molecule has 0 aliphatic carbocycles. The molecule has 20 heavy (non-hydrogen) atoms. The van der Waals surface area contributed by atoms with Crippen LogP contribution in [0.3, 0.4) is 0 Å². The maximum Gasteiger partial charge on any atom is 0.153 e. The van der Waals surface area contributed by atoms with E-state index < -0.39 is 0 Å². The quantitative estimate of drug-likeness (QED) is 0.908. The van der Waals surface area contributed by atoms with Crippen LogP contribution in [0.25, 0.3) is 5.82 Å². The van der Waals surface area contributed by atoms with Crippen molar-refractivity contribution in [3.05, 3.63) is 40.8 Å². The summed E-state index contributed by atoms with van der Waals surface area (Å²) in [7, 11) is 0. The van der Waals surface area contributed by atoms with Crippen molar-refractivity contribution in [3.63, 3.8) is 0 Å². The van der Waals surface area contributed by atoms with Crippen molar-refractivity contribution in [1.29, 1.82) is 0 Å². The second kappa shape index (κ2) is 6.18. The first kappa shape index (κ1) is 14.7. The molecule has 1 unspecified atom stereocenters. The normalized spacial score (nSPS) is 12.7. The van der Waals surface area contributed by atoms with Crippen LogP contribution in [0, 0.1) is 20.8 Å². The zero-order valence-electron chi connectivity index (χ0n) is 13.1. The Hall–Kier alpha value is -1.68. The minimum Gasteiger partial charge on any atom is -0.310 e. The predicted molar refractivity (Wildman–Crippen MR) is 82.3 cm³/mol. The summed E-state index contributed by atoms with van der Waals surface area (Å²) in [4.78, 5) is 4.55. The van der Waals surface area contributed by atoms with Gasteiger partial charge in [0.15, 0.2) is 5.82 Å². The minimum absolute atomic E-state index is 0.332. The van der Waals surface area contributed by atoms with Gasteiger partial charge in [-0.15, -0.1) is 0 Å². The molecule has 2 aromatic heterocycles. The largest absolute Gasteiger partial charge is 0.310 e. The molecule has 2 rings (SSSR count). The molecule has 0 amide bonds. The van der Waals surface area contributed by atoms with Gasteiger partial charge in [-0.25, -0.2) is 9.67 Å². The van der Waals surface area contributed by atoms with Gasteiger partial charge in [0.2, 0.25) is 0 Å². The highest BCUT2D eigenvalue weighted by Gasteiger charge is 2.10. The zero-order chi connectivity index (χ0) is 14.7. The number of nitrogens with zero attached hydrogens (tertiary/aromatic N) is 3. The molecule has 2 aromatic rings. The van der Waals surface area contributed by atoms with Gasteiger partial charge in [0.25, 0.3) is 0 Å². The van der Waals surface area contributed by atoms with Crippen LogP contribution in [0.4, 0.5) is 0 Å². The van der Waals surface area contributed by atoms with Crippen molar-refractivity contribution >= 4 is 0 Å². The van der Waals surface area contributed by atoms with Crippen LogP contribution in [0.1, 0.15) is 48.8 Å². The lowest BCUT2D eigenvalue weighted by Crippen LogP contribution is -2.19. The van der Waals surface area contributed by atoms with Gasteiger partial charge in [-0.05, 0) is 57.9 Å². The molecule has 108 valence electrons. The van der Waals surface area contributed by atoms with E-state index in [1.807, 2.05) is 23.9 Å². The third-order valence-corrected chi connectivity index (χ3v) is 3.84. The molecular weight excluding hydrogens is 248 g/mol. The fourth-order valence-corrected chi connectivity index (χ4v) is 2.20. The van der Waals surface area contributed by atoms with Gasteiger partial charge in [-0.1, -0.05) is 13.0 Å². The Bertz CT molecular complexity index is 569. The Morgan fingerprint density at radius 2 is 2.00 bits per heavy atom. The van der Waals surface area contributed by atoms with E-state index in [1.165, 1.54) is 11.1 Å². The van der Waals surface area contributed by atoms with Gasteiger partial charge in [-0.2, -0.15) is 5.10 Å². The maximum atomic E-state index is 4.55. The Balaban J connectivity index is 2.21. The zero-order valence-corrected chi connectivity index (χ0v) is 13.1. The van der Waals surface area contributed by atoms with Crippen molar-refractivity contribution in [1.82, 2.24) is 20.1 Å². The topological polar surface area (TPSA) is 42.7 Å². The molecule has 0 saturated heterocycles. The molecule has 0 spiro atoms. The molecule has 1 atom stereocenters. The van der Waals surface area contributed by atoms with E-state index in [0.29, 0.717) is 6.04 Å². The number of rotatable bonds is 5. The van der Waals surface area contributed by atoms with E-state index in [-0.39, 0.29) is 0 Å². The molecule has 0 saturated carbocycles. The molecule has 0 fully saturated rings. The average molecular weight is 272 g/mol. The van der Waals surface area contributed by atoms with Crippen molar-refractivity contribution in [2.45, 2.75) is 47.1 Å². The highest BCUT2D eigenvalue weighted by molar-refractivity contribution is 5.32. The maximum absolute atomic E-state index is 4.55. The van der Waals surface area contributed by atoms with Crippen molar-refractivity contribution in [2.24, 2.45) is 0 Å². The summed E-state index contributed by atoms with van der Waals surface area (Å²) in [5.41, 5.74) is 4.65. The van der Waals surface area contributed by atoms with Crippen LogP contribution in [0.15, 0.2) is 18.3 Å². The Morgan fingerprint density at radius 1 is 1.25 bits per heavy atom. The SMILES string of the molecule is CCCNC(C)c1ccc(-n2nc(C)c(C)c2C)nc1. The van der Waals surface area contributed by atoms with Gasteiger partial charge in [-0.3, -0.25) is 0 Å². The third-order valence-electron chi connectivity index (χ3n) is 3.84. The number of nitrogens with one attached hydrogen (secondary N) is 1. The number of hydrogen-bond donors (Lipinski definition) is 1. The fraction of sp³-hybridized carbons (Fsp3) is 0.500. The summed E-state index contributed by atoms with van der Waals surface area (Å²) in [6.45, 7) is 11.6. The lowest BCUT2D eigenvalue weighted by Gasteiger charge is -2.13. The molecule has 0 aliphatic rings. The van der Waals surface area contributed by atoms with Crippen LogP contribution < -0.4 is 5.32 Å². The lowest BCUT2D eigenvalue weighted by atomic mass is 10.1. The Kier molecular flexibility index (Phi) is 4.55. The molecule has 0 aliphatic heterocycles.